The number of aryl methyl sites for hydroxylation is 2. The van der Waals surface area contributed by atoms with Crippen LogP contribution in [0.5, 0.6) is 0 Å². The molecule has 0 heterocycles. The highest BCUT2D eigenvalue weighted by molar-refractivity contribution is 5.39. The lowest BCUT2D eigenvalue weighted by atomic mass is 9.95. The van der Waals surface area contributed by atoms with Gasteiger partial charge in [0.05, 0.1) is 0 Å². The van der Waals surface area contributed by atoms with Crippen molar-refractivity contribution in [2.45, 2.75) is 33.6 Å². The van der Waals surface area contributed by atoms with Gasteiger partial charge in [-0.2, -0.15) is 0 Å². The summed E-state index contributed by atoms with van der Waals surface area (Å²) in [7, 11) is 0. The minimum Gasteiger partial charge on any atom is -0.0842 e. The maximum Gasteiger partial charge on any atom is -0.0239 e. The Labute approximate surface area is 81.3 Å². The molecule has 0 aliphatic heterocycles. The zero-order valence-corrected chi connectivity index (χ0v) is 8.72. The van der Waals surface area contributed by atoms with Crippen LogP contribution in [0, 0.1) is 27.4 Å². The third-order valence-electron chi connectivity index (χ3n) is 2.66. The van der Waals surface area contributed by atoms with Crippen LogP contribution in [-0.4, -0.2) is 0 Å². The van der Waals surface area contributed by atoms with E-state index in [0.29, 0.717) is 0 Å². The summed E-state index contributed by atoms with van der Waals surface area (Å²) in [6, 6.07) is 4.37. The van der Waals surface area contributed by atoms with Crippen molar-refractivity contribution in [3.05, 3.63) is 47.0 Å². The van der Waals surface area contributed by atoms with E-state index in [-0.39, 0.29) is 0 Å². The van der Waals surface area contributed by atoms with E-state index in [1.807, 2.05) is 0 Å². The first-order valence-electron chi connectivity index (χ1n) is 4.76. The van der Waals surface area contributed by atoms with Gasteiger partial charge in [-0.1, -0.05) is 24.8 Å². The molecule has 0 saturated carbocycles. The second kappa shape index (κ2) is 4.27. The zero-order valence-electron chi connectivity index (χ0n) is 8.72. The third kappa shape index (κ3) is 2.21. The molecule has 0 aliphatic rings. The predicted molar refractivity (Wildman–Crippen MR) is 57.8 cm³/mol. The molecule has 0 bridgehead atoms. The minimum atomic E-state index is 0.963. The standard InChI is InChI=1S/C13H17/c1-5-6-7-13-11(3)9-8-10(2)12(13)4/h1,5,8-9H,6-7H2,2-4H3. The first-order valence-corrected chi connectivity index (χ1v) is 4.76. The van der Waals surface area contributed by atoms with Crippen molar-refractivity contribution in [1.29, 1.82) is 0 Å². The quantitative estimate of drug-likeness (QED) is 0.656. The number of allylic oxidation sites excluding steroid dienone is 1. The van der Waals surface area contributed by atoms with Crippen molar-refractivity contribution < 1.29 is 0 Å². The highest BCUT2D eigenvalue weighted by atomic mass is 14.1. The van der Waals surface area contributed by atoms with Crippen LogP contribution in [0.15, 0.2) is 18.2 Å². The Balaban J connectivity index is 3.02. The molecule has 1 aromatic carbocycles. The molecular weight excluding hydrogens is 156 g/mol. The van der Waals surface area contributed by atoms with Gasteiger partial charge < -0.3 is 0 Å². The maximum absolute atomic E-state index is 5.39. The lowest BCUT2D eigenvalue weighted by molar-refractivity contribution is 0.967. The van der Waals surface area contributed by atoms with E-state index in [9.17, 15) is 0 Å². The SMILES string of the molecule is [CH]=CCCc1c(C)ccc(C)c1C. The Morgan fingerprint density at radius 1 is 1.15 bits per heavy atom. The molecule has 13 heavy (non-hydrogen) atoms. The van der Waals surface area contributed by atoms with Crippen LogP contribution in [0.3, 0.4) is 0 Å². The van der Waals surface area contributed by atoms with Crippen molar-refractivity contribution in [1.82, 2.24) is 0 Å². The molecule has 0 fully saturated rings. The zero-order chi connectivity index (χ0) is 9.84. The van der Waals surface area contributed by atoms with Gasteiger partial charge in [0, 0.05) is 0 Å². The van der Waals surface area contributed by atoms with Gasteiger partial charge >= 0.3 is 0 Å². The Morgan fingerprint density at radius 3 is 2.38 bits per heavy atom. The van der Waals surface area contributed by atoms with Crippen LogP contribution in [0.2, 0.25) is 0 Å². The lowest BCUT2D eigenvalue weighted by Gasteiger charge is -2.10. The van der Waals surface area contributed by atoms with Crippen molar-refractivity contribution in [2.24, 2.45) is 0 Å². The second-order valence-corrected chi connectivity index (χ2v) is 3.58. The number of rotatable bonds is 3. The molecule has 0 aromatic heterocycles. The van der Waals surface area contributed by atoms with Crippen molar-refractivity contribution in [3.8, 4) is 0 Å². The number of benzene rings is 1. The molecule has 0 atom stereocenters. The van der Waals surface area contributed by atoms with Gasteiger partial charge in [0.15, 0.2) is 0 Å². The van der Waals surface area contributed by atoms with Gasteiger partial charge in [-0.3, -0.25) is 0 Å². The van der Waals surface area contributed by atoms with E-state index in [4.69, 9.17) is 6.58 Å². The van der Waals surface area contributed by atoms with Gasteiger partial charge in [-0.15, -0.1) is 0 Å². The first kappa shape index (κ1) is 10.0. The summed E-state index contributed by atoms with van der Waals surface area (Å²) in [6.45, 7) is 11.9. The summed E-state index contributed by atoms with van der Waals surface area (Å²) < 4.78 is 0. The molecule has 0 heteroatoms. The van der Waals surface area contributed by atoms with Crippen LogP contribution < -0.4 is 0 Å². The van der Waals surface area contributed by atoms with E-state index in [0.717, 1.165) is 12.8 Å². The van der Waals surface area contributed by atoms with Crippen molar-refractivity contribution in [2.75, 3.05) is 0 Å². The Morgan fingerprint density at radius 2 is 1.77 bits per heavy atom. The molecule has 0 N–H and O–H groups in total. The fourth-order valence-corrected chi connectivity index (χ4v) is 1.62. The lowest BCUT2D eigenvalue weighted by Crippen LogP contribution is -1.95. The highest BCUT2D eigenvalue weighted by Crippen LogP contribution is 2.19. The van der Waals surface area contributed by atoms with Crippen LogP contribution in [0.25, 0.3) is 0 Å². The Kier molecular flexibility index (Phi) is 3.30. The molecule has 0 amide bonds. The monoisotopic (exact) mass is 173 g/mol. The third-order valence-corrected chi connectivity index (χ3v) is 2.66. The van der Waals surface area contributed by atoms with Crippen molar-refractivity contribution >= 4 is 0 Å². The van der Waals surface area contributed by atoms with Gasteiger partial charge in [0.1, 0.15) is 0 Å². The van der Waals surface area contributed by atoms with Crippen LogP contribution in [0.1, 0.15) is 28.7 Å². The largest absolute Gasteiger partial charge is 0.0842 e. The molecule has 0 saturated heterocycles. The van der Waals surface area contributed by atoms with Gasteiger partial charge in [-0.05, 0) is 55.9 Å². The smallest absolute Gasteiger partial charge is 0.0239 e. The summed E-state index contributed by atoms with van der Waals surface area (Å²) in [6.07, 6.45) is 3.77. The molecule has 0 unspecified atom stereocenters. The highest BCUT2D eigenvalue weighted by Gasteiger charge is 2.03. The van der Waals surface area contributed by atoms with Crippen LogP contribution in [-0.2, 0) is 6.42 Å². The molecule has 1 aromatic rings. The summed E-state index contributed by atoms with van der Waals surface area (Å²) in [4.78, 5) is 0. The van der Waals surface area contributed by atoms with E-state index < -0.39 is 0 Å². The molecule has 0 nitrogen and oxygen atoms in total. The number of hydrogen-bond donors (Lipinski definition) is 0. The van der Waals surface area contributed by atoms with Crippen LogP contribution in [0.4, 0.5) is 0 Å². The van der Waals surface area contributed by atoms with E-state index in [1.54, 1.807) is 6.08 Å². The van der Waals surface area contributed by atoms with E-state index in [2.05, 4.69) is 32.9 Å². The Hall–Kier alpha value is -1.04. The van der Waals surface area contributed by atoms with Crippen molar-refractivity contribution in [3.63, 3.8) is 0 Å². The molecule has 69 valence electrons. The maximum atomic E-state index is 5.39. The molecule has 1 rings (SSSR count). The average molecular weight is 173 g/mol. The summed E-state index contributed by atoms with van der Waals surface area (Å²) in [5.74, 6) is 0. The first-order chi connectivity index (χ1) is 6.16. The average Bonchev–Trinajstić information content (AvgIpc) is 2.12. The fraction of sp³-hybridized carbons (Fsp3) is 0.385. The summed E-state index contributed by atoms with van der Waals surface area (Å²) in [5.41, 5.74) is 5.63. The summed E-state index contributed by atoms with van der Waals surface area (Å²) in [5, 5.41) is 0. The number of hydrogen-bond acceptors (Lipinski definition) is 0. The topological polar surface area (TPSA) is 0 Å². The molecule has 0 aliphatic carbocycles. The van der Waals surface area contributed by atoms with Crippen LogP contribution >= 0.6 is 0 Å². The van der Waals surface area contributed by atoms with E-state index in [1.165, 1.54) is 22.3 Å². The van der Waals surface area contributed by atoms with Gasteiger partial charge in [0.25, 0.3) is 0 Å². The molecule has 1 radical (unpaired) electrons. The second-order valence-electron chi connectivity index (χ2n) is 3.58. The fourth-order valence-electron chi connectivity index (χ4n) is 1.62. The predicted octanol–water partition coefficient (Wildman–Crippen LogP) is 3.53. The van der Waals surface area contributed by atoms with E-state index >= 15 is 0 Å². The Bertz CT molecular complexity index is 308. The minimum absolute atomic E-state index is 0.963. The summed E-state index contributed by atoms with van der Waals surface area (Å²) >= 11 is 0. The normalized spacial score (nSPS) is 10.1. The molecule has 0 spiro atoms. The van der Waals surface area contributed by atoms with Gasteiger partial charge in [0.2, 0.25) is 0 Å². The molecular formula is C13H17. The van der Waals surface area contributed by atoms with Gasteiger partial charge in [-0.25, -0.2) is 0 Å².